The molecule has 7 rings (SSSR count). The van der Waals surface area contributed by atoms with E-state index >= 15 is 0 Å². The molecule has 12 nitrogen and oxygen atoms in total. The zero-order valence-corrected chi connectivity index (χ0v) is 32.3. The van der Waals surface area contributed by atoms with Crippen LogP contribution in [0.2, 0.25) is 0 Å². The lowest BCUT2D eigenvalue weighted by Crippen LogP contribution is -2.47. The molecule has 5 atom stereocenters. The van der Waals surface area contributed by atoms with Crippen molar-refractivity contribution in [1.82, 2.24) is 29.1 Å². The lowest BCUT2D eigenvalue weighted by Gasteiger charge is -2.29. The van der Waals surface area contributed by atoms with Crippen LogP contribution < -0.4 is 9.46 Å². The fraction of sp³-hybridized carbons (Fsp3) is 0.590. The monoisotopic (exact) mass is 802 g/mol. The Labute approximate surface area is 322 Å². The number of ketones is 1. The molecule has 17 heteroatoms. The van der Waals surface area contributed by atoms with Crippen LogP contribution >= 0.6 is 0 Å². The predicted molar refractivity (Wildman–Crippen MR) is 196 cm³/mol. The molecule has 56 heavy (non-hydrogen) atoms. The molecule has 4 aliphatic rings. The van der Waals surface area contributed by atoms with Crippen LogP contribution in [0.25, 0.3) is 11.2 Å². The first-order valence-electron chi connectivity index (χ1n) is 19.2. The number of rotatable bonds is 8. The molecule has 0 radical (unpaired) electrons. The Hall–Kier alpha value is -4.41. The highest BCUT2D eigenvalue weighted by Crippen LogP contribution is 2.57. The molecule has 1 aromatic carbocycles. The van der Waals surface area contributed by atoms with Crippen LogP contribution in [0.1, 0.15) is 102 Å². The molecule has 3 fully saturated rings. The number of carbonyl (C=O) groups excluding carboxylic acids is 3. The van der Waals surface area contributed by atoms with Crippen molar-refractivity contribution in [1.29, 1.82) is 0 Å². The second kappa shape index (κ2) is 14.8. The third-order valence-electron chi connectivity index (χ3n) is 11.8. The summed E-state index contributed by atoms with van der Waals surface area (Å²) in [5, 5.41) is 0. The second-order valence-electron chi connectivity index (χ2n) is 16.4. The van der Waals surface area contributed by atoms with Crippen molar-refractivity contribution in [3.8, 4) is 6.01 Å². The normalized spacial score (nSPS) is 27.6. The number of imidazole rings is 1. The molecule has 2 saturated carbocycles. The summed E-state index contributed by atoms with van der Waals surface area (Å²) in [4.78, 5) is 57.5. The number of amides is 2. The highest BCUT2D eigenvalue weighted by atomic mass is 32.2. The highest BCUT2D eigenvalue weighted by molar-refractivity contribution is 7.91. The van der Waals surface area contributed by atoms with E-state index in [2.05, 4.69) is 19.7 Å². The zero-order chi connectivity index (χ0) is 40.2. The Morgan fingerprint density at radius 3 is 2.61 bits per heavy atom. The van der Waals surface area contributed by atoms with Crippen molar-refractivity contribution in [2.24, 2.45) is 17.3 Å². The van der Waals surface area contributed by atoms with Crippen molar-refractivity contribution < 1.29 is 45.1 Å². The first-order chi connectivity index (χ1) is 26.4. The minimum atomic E-state index is -4.80. The first kappa shape index (κ1) is 39.8. The van der Waals surface area contributed by atoms with E-state index in [-0.39, 0.29) is 56.3 Å². The number of fused-ring (bicyclic) bond motifs is 3. The average Bonchev–Trinajstić information content (AvgIpc) is 3.94. The molecular weight excluding hydrogens is 757 g/mol. The smallest absolute Gasteiger partial charge is 0.416 e. The van der Waals surface area contributed by atoms with Crippen LogP contribution in [-0.2, 0) is 37.0 Å². The molecular formula is C39H46F4N6O6S. The minimum absolute atomic E-state index is 0.000160. The number of sulfonamides is 1. The number of carbonyl (C=O) groups is 3. The largest absolute Gasteiger partial charge is 0.459 e. The number of hydrogen-bond acceptors (Lipinski definition) is 9. The summed E-state index contributed by atoms with van der Waals surface area (Å²) in [7, 11) is -4.01. The van der Waals surface area contributed by atoms with Crippen LogP contribution in [0.5, 0.6) is 6.01 Å². The molecule has 4 heterocycles. The molecule has 302 valence electrons. The van der Waals surface area contributed by atoms with Gasteiger partial charge in [-0.2, -0.15) is 18.2 Å². The number of nitrogens with zero attached hydrogens (tertiary/aromatic N) is 5. The van der Waals surface area contributed by atoms with Crippen LogP contribution in [0.4, 0.5) is 17.6 Å². The first-order valence-corrected chi connectivity index (χ1v) is 20.7. The van der Waals surface area contributed by atoms with Gasteiger partial charge in [-0.1, -0.05) is 25.0 Å². The molecule has 2 aliphatic heterocycles. The number of halogens is 4. The summed E-state index contributed by atoms with van der Waals surface area (Å²) >= 11 is 0. The van der Waals surface area contributed by atoms with Crippen LogP contribution in [0.3, 0.4) is 0 Å². The Kier molecular flexibility index (Phi) is 10.5. The summed E-state index contributed by atoms with van der Waals surface area (Å²) in [6.07, 6.45) is 4.54. The van der Waals surface area contributed by atoms with E-state index in [4.69, 9.17) is 4.74 Å². The van der Waals surface area contributed by atoms with Gasteiger partial charge in [-0.3, -0.25) is 23.7 Å². The number of benzene rings is 1. The van der Waals surface area contributed by atoms with Gasteiger partial charge in [-0.05, 0) is 95.4 Å². The van der Waals surface area contributed by atoms with E-state index in [9.17, 15) is 40.4 Å². The van der Waals surface area contributed by atoms with Gasteiger partial charge in [0.05, 0.1) is 34.5 Å². The molecule has 1 N–H and O–H groups in total. The van der Waals surface area contributed by atoms with Gasteiger partial charge in [0.2, 0.25) is 21.8 Å². The summed E-state index contributed by atoms with van der Waals surface area (Å²) in [5.41, 5.74) is -1.52. The summed E-state index contributed by atoms with van der Waals surface area (Å²) in [6, 6.07) is 1.19. The number of alkyl halides is 3. The predicted octanol–water partition coefficient (Wildman–Crippen LogP) is 6.26. The average molecular weight is 803 g/mol. The molecule has 2 aliphatic carbocycles. The Morgan fingerprint density at radius 1 is 1.12 bits per heavy atom. The fourth-order valence-electron chi connectivity index (χ4n) is 8.16. The molecule has 2 aromatic heterocycles. The van der Waals surface area contributed by atoms with Crippen molar-refractivity contribution in [3.05, 3.63) is 59.8 Å². The third kappa shape index (κ3) is 7.92. The van der Waals surface area contributed by atoms with Crippen molar-refractivity contribution in [2.75, 3.05) is 6.54 Å². The zero-order valence-electron chi connectivity index (χ0n) is 31.5. The lowest BCUT2D eigenvalue weighted by atomic mass is 9.89. The highest BCUT2D eigenvalue weighted by Gasteiger charge is 2.62. The Balaban J connectivity index is 1.23. The maximum absolute atomic E-state index is 14.7. The van der Waals surface area contributed by atoms with E-state index in [0.29, 0.717) is 49.3 Å². The van der Waals surface area contributed by atoms with Gasteiger partial charge >= 0.3 is 6.18 Å². The van der Waals surface area contributed by atoms with E-state index in [1.807, 2.05) is 26.0 Å². The van der Waals surface area contributed by atoms with Crippen molar-refractivity contribution in [3.63, 3.8) is 0 Å². The summed E-state index contributed by atoms with van der Waals surface area (Å²) in [5.74, 6) is -4.10. The number of nitrogens with one attached hydrogen (secondary N) is 1. The summed E-state index contributed by atoms with van der Waals surface area (Å²) in [6.45, 7) is 5.32. The van der Waals surface area contributed by atoms with Gasteiger partial charge in [-0.25, -0.2) is 22.8 Å². The molecule has 0 bridgehead atoms. The number of allylic oxidation sites excluding steroid dienone is 2. The minimum Gasteiger partial charge on any atom is -0.459 e. The molecule has 2 amide bonds. The Bertz CT molecular complexity index is 2170. The van der Waals surface area contributed by atoms with Gasteiger partial charge in [-0.15, -0.1) is 0 Å². The third-order valence-corrected chi connectivity index (χ3v) is 14.0. The maximum atomic E-state index is 14.7. The number of ether oxygens (including phenoxy) is 1. The van der Waals surface area contributed by atoms with Gasteiger partial charge in [0.15, 0.2) is 11.4 Å². The van der Waals surface area contributed by atoms with Crippen LogP contribution in [0.15, 0.2) is 42.9 Å². The van der Waals surface area contributed by atoms with Gasteiger partial charge in [0, 0.05) is 24.8 Å². The van der Waals surface area contributed by atoms with E-state index < -0.39 is 79.3 Å². The van der Waals surface area contributed by atoms with Crippen LogP contribution in [-0.4, -0.2) is 73.9 Å². The molecule has 1 saturated heterocycles. The van der Waals surface area contributed by atoms with E-state index in [1.54, 1.807) is 11.5 Å². The number of hydrogen-bond donors (Lipinski definition) is 1. The van der Waals surface area contributed by atoms with Crippen LogP contribution in [0, 0.1) is 23.1 Å². The van der Waals surface area contributed by atoms with E-state index in [0.717, 1.165) is 18.6 Å². The maximum Gasteiger partial charge on any atom is 0.416 e. The summed E-state index contributed by atoms with van der Waals surface area (Å²) < 4.78 is 91.4. The lowest BCUT2D eigenvalue weighted by molar-refractivity contribution is -0.142. The van der Waals surface area contributed by atoms with Crippen molar-refractivity contribution >= 4 is 38.8 Å². The van der Waals surface area contributed by atoms with Gasteiger partial charge < -0.3 is 9.64 Å². The fourth-order valence-corrected chi connectivity index (χ4v) is 9.50. The van der Waals surface area contributed by atoms with E-state index in [1.165, 1.54) is 17.4 Å². The topological polar surface area (TPSA) is 153 Å². The Morgan fingerprint density at radius 2 is 1.89 bits per heavy atom. The standard InChI is InChI=1S/C39H46F4N6O6S/c1-23(2)49-33-30(20-44-22-45-33)46-36(49)55-29-17-31-32(50)19-38(35(52)47-56(53,54)37(3)11-12-37)18-26(38)10-8-6-4-5-7-9-25(34(51)48(31)21-29)13-24-14-27(39(41,42)43)16-28(40)15-24/h8,10,14-16,20,22-23,25-26,29,31H,4-7,9,11-13,17-19,21H2,1-3H3,(H,47,52)/b10-8-/t25-,26-,29-,31+,38-/m1/s1. The van der Waals surface area contributed by atoms with Gasteiger partial charge in [0.25, 0.3) is 6.01 Å². The molecule has 0 unspecified atom stereocenters. The quantitative estimate of drug-likeness (QED) is 0.206. The second-order valence-corrected chi connectivity index (χ2v) is 18.6. The SMILES string of the molecule is CC(C)n1c(O[C@@H]2C[C@H]3C(=O)C[C@]4(C(=O)NS(=O)(=O)C5(C)CC5)C[C@H]4/C=C\CCCCC[C@H](Cc4cc(F)cc(C(F)(F)F)c4)C(=O)N3C2)nc2cncnc21. The van der Waals surface area contributed by atoms with Crippen molar-refractivity contribution in [2.45, 2.75) is 121 Å². The molecule has 3 aromatic rings. The van der Waals surface area contributed by atoms with Gasteiger partial charge in [0.1, 0.15) is 23.8 Å². The molecule has 0 spiro atoms. The number of aromatic nitrogens is 4. The number of Topliss-reactive ketones (excluding diaryl/α,β-unsaturated/α-hetero) is 1.